The summed E-state index contributed by atoms with van der Waals surface area (Å²) < 4.78 is 22.4. The van der Waals surface area contributed by atoms with Crippen LogP contribution in [-0.2, 0) is 9.53 Å². The number of halogens is 2. The topological polar surface area (TPSA) is 35.5 Å². The third-order valence-electron chi connectivity index (χ3n) is 1.54. The summed E-state index contributed by atoms with van der Waals surface area (Å²) in [5, 5.41) is 0.251. The van der Waals surface area contributed by atoms with E-state index in [0.29, 0.717) is 0 Å². The number of hydrogen-bond donors (Lipinski definition) is 0. The molecule has 1 aromatic carbocycles. The third-order valence-corrected chi connectivity index (χ3v) is 1.86. The molecule has 1 aromatic rings. The Bertz CT molecular complexity index is 355. The summed E-state index contributed by atoms with van der Waals surface area (Å²) in [6, 6.07) is 3.68. The van der Waals surface area contributed by atoms with Crippen LogP contribution in [0.25, 0.3) is 0 Å². The van der Waals surface area contributed by atoms with Gasteiger partial charge in [-0.25, -0.2) is 9.18 Å². The van der Waals surface area contributed by atoms with Gasteiger partial charge >= 0.3 is 5.97 Å². The molecule has 0 bridgehead atoms. The van der Waals surface area contributed by atoms with Crippen LogP contribution in [0.15, 0.2) is 18.2 Å². The second-order valence-electron chi connectivity index (χ2n) is 2.67. The molecule has 0 aliphatic heterocycles. The standard InChI is InChI=1S/C10H10ClFO3/c1-2-14-10(13)6-15-9-5-7(12)3-4-8(9)11/h3-5H,2,6H2,1H3. The lowest BCUT2D eigenvalue weighted by Gasteiger charge is -2.07. The number of carbonyl (C=O) groups excluding carboxylic acids is 1. The summed E-state index contributed by atoms with van der Waals surface area (Å²) in [4.78, 5) is 10.9. The largest absolute Gasteiger partial charge is 0.480 e. The van der Waals surface area contributed by atoms with Gasteiger partial charge < -0.3 is 9.47 Å². The molecular formula is C10H10ClFO3. The van der Waals surface area contributed by atoms with E-state index in [-0.39, 0.29) is 24.0 Å². The van der Waals surface area contributed by atoms with Gasteiger partial charge in [0, 0.05) is 6.07 Å². The average molecular weight is 233 g/mol. The Morgan fingerprint density at radius 3 is 2.93 bits per heavy atom. The summed E-state index contributed by atoms with van der Waals surface area (Å²) in [7, 11) is 0. The molecule has 0 amide bonds. The van der Waals surface area contributed by atoms with Crippen LogP contribution in [0.5, 0.6) is 5.75 Å². The maximum absolute atomic E-state index is 12.8. The van der Waals surface area contributed by atoms with Crippen molar-refractivity contribution in [1.29, 1.82) is 0 Å². The lowest BCUT2D eigenvalue weighted by atomic mass is 10.3. The summed E-state index contributed by atoms with van der Waals surface area (Å²) in [5.74, 6) is -0.860. The molecule has 82 valence electrons. The second-order valence-corrected chi connectivity index (χ2v) is 3.08. The van der Waals surface area contributed by atoms with Gasteiger partial charge in [-0.2, -0.15) is 0 Å². The van der Waals surface area contributed by atoms with E-state index in [2.05, 4.69) is 4.74 Å². The van der Waals surface area contributed by atoms with Crippen LogP contribution in [0.3, 0.4) is 0 Å². The van der Waals surface area contributed by atoms with Gasteiger partial charge in [-0.1, -0.05) is 11.6 Å². The van der Waals surface area contributed by atoms with E-state index in [9.17, 15) is 9.18 Å². The van der Waals surface area contributed by atoms with Crippen LogP contribution in [0, 0.1) is 5.82 Å². The van der Waals surface area contributed by atoms with Crippen molar-refractivity contribution in [3.8, 4) is 5.75 Å². The highest BCUT2D eigenvalue weighted by Crippen LogP contribution is 2.24. The molecule has 5 heteroatoms. The maximum Gasteiger partial charge on any atom is 0.344 e. The van der Waals surface area contributed by atoms with Crippen LogP contribution in [0.2, 0.25) is 5.02 Å². The summed E-state index contributed by atoms with van der Waals surface area (Å²) in [6.07, 6.45) is 0. The van der Waals surface area contributed by atoms with Crippen molar-refractivity contribution in [2.45, 2.75) is 6.92 Å². The Morgan fingerprint density at radius 1 is 1.53 bits per heavy atom. The van der Waals surface area contributed by atoms with Gasteiger partial charge in [0.2, 0.25) is 0 Å². The van der Waals surface area contributed by atoms with E-state index in [1.165, 1.54) is 12.1 Å². The van der Waals surface area contributed by atoms with Gasteiger partial charge in [-0.05, 0) is 19.1 Å². The van der Waals surface area contributed by atoms with Crippen molar-refractivity contribution >= 4 is 17.6 Å². The molecular weight excluding hydrogens is 223 g/mol. The zero-order valence-corrected chi connectivity index (χ0v) is 8.88. The first kappa shape index (κ1) is 11.8. The predicted octanol–water partition coefficient (Wildman–Crippen LogP) is 2.42. The first-order chi connectivity index (χ1) is 7.13. The van der Waals surface area contributed by atoms with E-state index in [4.69, 9.17) is 16.3 Å². The number of hydrogen-bond acceptors (Lipinski definition) is 3. The molecule has 0 unspecified atom stereocenters. The fourth-order valence-electron chi connectivity index (χ4n) is 0.927. The SMILES string of the molecule is CCOC(=O)COc1cc(F)ccc1Cl. The number of ether oxygens (including phenoxy) is 2. The van der Waals surface area contributed by atoms with Crippen LogP contribution in [-0.4, -0.2) is 19.2 Å². The quantitative estimate of drug-likeness (QED) is 0.748. The second kappa shape index (κ2) is 5.56. The monoisotopic (exact) mass is 232 g/mol. The lowest BCUT2D eigenvalue weighted by Crippen LogP contribution is -2.14. The fraction of sp³-hybridized carbons (Fsp3) is 0.300. The normalized spacial score (nSPS) is 9.80. The molecule has 0 aliphatic rings. The van der Waals surface area contributed by atoms with Gasteiger partial charge in [0.1, 0.15) is 11.6 Å². The molecule has 0 saturated carbocycles. The summed E-state index contributed by atoms with van der Waals surface area (Å²) in [5.41, 5.74) is 0. The molecule has 0 N–H and O–H groups in total. The molecule has 15 heavy (non-hydrogen) atoms. The van der Waals surface area contributed by atoms with Crippen molar-refractivity contribution in [2.24, 2.45) is 0 Å². The van der Waals surface area contributed by atoms with E-state index in [1.807, 2.05) is 0 Å². The molecule has 0 aliphatic carbocycles. The van der Waals surface area contributed by atoms with Gasteiger partial charge in [0.05, 0.1) is 11.6 Å². The molecule has 1 rings (SSSR count). The van der Waals surface area contributed by atoms with Gasteiger partial charge in [0.25, 0.3) is 0 Å². The zero-order valence-electron chi connectivity index (χ0n) is 8.13. The first-order valence-electron chi connectivity index (χ1n) is 4.37. The van der Waals surface area contributed by atoms with Crippen molar-refractivity contribution in [3.05, 3.63) is 29.0 Å². The number of benzene rings is 1. The van der Waals surface area contributed by atoms with E-state index < -0.39 is 11.8 Å². The zero-order chi connectivity index (χ0) is 11.3. The minimum atomic E-state index is -0.516. The predicted molar refractivity (Wildman–Crippen MR) is 53.5 cm³/mol. The van der Waals surface area contributed by atoms with Crippen LogP contribution in [0.4, 0.5) is 4.39 Å². The van der Waals surface area contributed by atoms with Crippen molar-refractivity contribution in [1.82, 2.24) is 0 Å². The highest BCUT2D eigenvalue weighted by atomic mass is 35.5. The molecule has 0 atom stereocenters. The lowest BCUT2D eigenvalue weighted by molar-refractivity contribution is -0.145. The Kier molecular flexibility index (Phi) is 4.37. The Balaban J connectivity index is 2.57. The molecule has 0 saturated heterocycles. The van der Waals surface area contributed by atoms with E-state index >= 15 is 0 Å². The highest BCUT2D eigenvalue weighted by Gasteiger charge is 2.07. The smallest absolute Gasteiger partial charge is 0.344 e. The summed E-state index contributed by atoms with van der Waals surface area (Å²) in [6.45, 7) is 1.68. The molecule has 0 aromatic heterocycles. The van der Waals surface area contributed by atoms with Crippen LogP contribution < -0.4 is 4.74 Å². The first-order valence-corrected chi connectivity index (χ1v) is 4.74. The molecule has 0 heterocycles. The Labute approximate surface area is 91.7 Å². The molecule has 0 spiro atoms. The van der Waals surface area contributed by atoms with Crippen molar-refractivity contribution in [2.75, 3.05) is 13.2 Å². The van der Waals surface area contributed by atoms with E-state index in [0.717, 1.165) is 6.07 Å². The van der Waals surface area contributed by atoms with Gasteiger partial charge in [-0.3, -0.25) is 0 Å². The maximum atomic E-state index is 12.8. The fourth-order valence-corrected chi connectivity index (χ4v) is 1.10. The van der Waals surface area contributed by atoms with E-state index in [1.54, 1.807) is 6.92 Å². The number of carbonyl (C=O) groups is 1. The highest BCUT2D eigenvalue weighted by molar-refractivity contribution is 6.32. The van der Waals surface area contributed by atoms with Crippen molar-refractivity contribution in [3.63, 3.8) is 0 Å². The minimum Gasteiger partial charge on any atom is -0.480 e. The molecule has 0 radical (unpaired) electrons. The summed E-state index contributed by atoms with van der Waals surface area (Å²) >= 11 is 5.71. The number of esters is 1. The minimum absolute atomic E-state index is 0.129. The third kappa shape index (κ3) is 3.75. The Morgan fingerprint density at radius 2 is 2.27 bits per heavy atom. The van der Waals surface area contributed by atoms with Crippen LogP contribution in [0.1, 0.15) is 6.92 Å². The molecule has 0 fully saturated rings. The van der Waals surface area contributed by atoms with Gasteiger partial charge in [0.15, 0.2) is 6.61 Å². The van der Waals surface area contributed by atoms with Gasteiger partial charge in [-0.15, -0.1) is 0 Å². The Hall–Kier alpha value is -1.29. The average Bonchev–Trinajstić information content (AvgIpc) is 2.20. The number of rotatable bonds is 4. The molecule has 3 nitrogen and oxygen atoms in total. The van der Waals surface area contributed by atoms with Crippen molar-refractivity contribution < 1.29 is 18.7 Å². The van der Waals surface area contributed by atoms with Crippen LogP contribution >= 0.6 is 11.6 Å².